The van der Waals surface area contributed by atoms with E-state index in [0.717, 1.165) is 0 Å². The number of hydrogen-bond acceptors (Lipinski definition) is 1. The van der Waals surface area contributed by atoms with Crippen LogP contribution in [0.1, 0.15) is 5.56 Å². The number of terminal acetylenes is 1. The molecule has 0 bridgehead atoms. The fourth-order valence-electron chi connectivity index (χ4n) is 1.18. The lowest BCUT2D eigenvalue weighted by Crippen LogP contribution is -2.37. The number of aliphatic imine (C=N–C) groups is 1. The lowest BCUT2D eigenvalue weighted by Gasteiger charge is -2.10. The molecule has 0 spiro atoms. The Morgan fingerprint density at radius 2 is 2.19 bits per heavy atom. The van der Waals surface area contributed by atoms with Crippen LogP contribution in [0.3, 0.4) is 0 Å². The Morgan fingerprint density at radius 3 is 2.81 bits per heavy atom. The van der Waals surface area contributed by atoms with Gasteiger partial charge in [-0.25, -0.2) is 4.39 Å². The Morgan fingerprint density at radius 1 is 1.44 bits per heavy atom. The van der Waals surface area contributed by atoms with Gasteiger partial charge >= 0.3 is 0 Å². The molecule has 0 fully saturated rings. The molecule has 3 nitrogen and oxygen atoms in total. The SMILES string of the molecule is C#CCNC(=NC)NCc1ccccc1F. The van der Waals surface area contributed by atoms with Crippen molar-refractivity contribution < 1.29 is 4.39 Å². The fraction of sp³-hybridized carbons (Fsp3) is 0.250. The van der Waals surface area contributed by atoms with Crippen molar-refractivity contribution in [1.29, 1.82) is 0 Å². The normalized spacial score (nSPS) is 10.7. The molecule has 0 aromatic heterocycles. The maximum Gasteiger partial charge on any atom is 0.192 e. The summed E-state index contributed by atoms with van der Waals surface area (Å²) in [5.41, 5.74) is 0.589. The van der Waals surface area contributed by atoms with E-state index in [2.05, 4.69) is 21.5 Å². The Balaban J connectivity index is 2.51. The van der Waals surface area contributed by atoms with E-state index in [1.54, 1.807) is 25.2 Å². The third-order valence-corrected chi connectivity index (χ3v) is 1.99. The molecule has 0 aliphatic rings. The second-order valence-electron chi connectivity index (χ2n) is 3.07. The van der Waals surface area contributed by atoms with Gasteiger partial charge < -0.3 is 10.6 Å². The molecule has 4 heteroatoms. The smallest absolute Gasteiger partial charge is 0.192 e. The molecule has 0 saturated carbocycles. The van der Waals surface area contributed by atoms with E-state index < -0.39 is 0 Å². The molecule has 84 valence electrons. The zero-order valence-electron chi connectivity index (χ0n) is 9.13. The molecule has 16 heavy (non-hydrogen) atoms. The molecule has 0 atom stereocenters. The highest BCUT2D eigenvalue weighted by atomic mass is 19.1. The van der Waals surface area contributed by atoms with Gasteiger partial charge in [-0.2, -0.15) is 0 Å². The van der Waals surface area contributed by atoms with Crippen molar-refractivity contribution in [1.82, 2.24) is 10.6 Å². The average Bonchev–Trinajstić information content (AvgIpc) is 2.31. The van der Waals surface area contributed by atoms with Gasteiger partial charge in [0, 0.05) is 19.2 Å². The summed E-state index contributed by atoms with van der Waals surface area (Å²) in [6.45, 7) is 0.758. The largest absolute Gasteiger partial charge is 0.352 e. The van der Waals surface area contributed by atoms with Crippen molar-refractivity contribution in [3.63, 3.8) is 0 Å². The molecule has 1 rings (SSSR count). The van der Waals surface area contributed by atoms with Crippen LogP contribution in [0.2, 0.25) is 0 Å². The van der Waals surface area contributed by atoms with Crippen LogP contribution in [0.15, 0.2) is 29.3 Å². The van der Waals surface area contributed by atoms with Gasteiger partial charge in [0.25, 0.3) is 0 Å². The van der Waals surface area contributed by atoms with Crippen LogP contribution < -0.4 is 10.6 Å². The number of rotatable bonds is 3. The van der Waals surface area contributed by atoms with E-state index in [9.17, 15) is 4.39 Å². The van der Waals surface area contributed by atoms with Crippen molar-refractivity contribution in [2.24, 2.45) is 4.99 Å². The summed E-state index contributed by atoms with van der Waals surface area (Å²) in [4.78, 5) is 3.95. The quantitative estimate of drug-likeness (QED) is 0.454. The van der Waals surface area contributed by atoms with E-state index in [1.807, 2.05) is 0 Å². The molecule has 1 aromatic carbocycles. The number of guanidine groups is 1. The summed E-state index contributed by atoms with van der Waals surface area (Å²) < 4.78 is 13.3. The van der Waals surface area contributed by atoms with Gasteiger partial charge in [0.15, 0.2) is 5.96 Å². The Kier molecular flexibility index (Phi) is 4.87. The van der Waals surface area contributed by atoms with Crippen LogP contribution in [0, 0.1) is 18.2 Å². The fourth-order valence-corrected chi connectivity index (χ4v) is 1.18. The molecular weight excluding hydrogens is 205 g/mol. The van der Waals surface area contributed by atoms with E-state index >= 15 is 0 Å². The van der Waals surface area contributed by atoms with Crippen LogP contribution >= 0.6 is 0 Å². The number of hydrogen-bond donors (Lipinski definition) is 2. The molecule has 0 amide bonds. The molecule has 2 N–H and O–H groups in total. The van der Waals surface area contributed by atoms with Crippen LogP contribution in [-0.4, -0.2) is 19.6 Å². The van der Waals surface area contributed by atoms with Crippen molar-refractivity contribution in [2.75, 3.05) is 13.6 Å². The van der Waals surface area contributed by atoms with Crippen molar-refractivity contribution >= 4 is 5.96 Å². The highest BCUT2D eigenvalue weighted by Crippen LogP contribution is 2.04. The molecule has 1 aromatic rings. The number of benzene rings is 1. The molecule has 0 heterocycles. The zero-order valence-corrected chi connectivity index (χ0v) is 9.13. The van der Waals surface area contributed by atoms with Gasteiger partial charge in [0.1, 0.15) is 5.82 Å². The Labute approximate surface area is 94.8 Å². The second kappa shape index (κ2) is 6.46. The first kappa shape index (κ1) is 12.1. The Hall–Kier alpha value is -2.02. The van der Waals surface area contributed by atoms with Crippen molar-refractivity contribution in [2.45, 2.75) is 6.54 Å². The monoisotopic (exact) mass is 219 g/mol. The first-order valence-corrected chi connectivity index (χ1v) is 4.89. The molecular formula is C12H14FN3. The van der Waals surface area contributed by atoms with Gasteiger partial charge in [-0.1, -0.05) is 24.1 Å². The number of nitrogens with one attached hydrogen (secondary N) is 2. The first-order valence-electron chi connectivity index (χ1n) is 4.89. The summed E-state index contributed by atoms with van der Waals surface area (Å²) in [7, 11) is 1.63. The summed E-state index contributed by atoms with van der Waals surface area (Å²) in [6, 6.07) is 6.59. The van der Waals surface area contributed by atoms with Crippen molar-refractivity contribution in [3.8, 4) is 12.3 Å². The second-order valence-corrected chi connectivity index (χ2v) is 3.07. The minimum atomic E-state index is -0.234. The van der Waals surface area contributed by atoms with E-state index in [1.165, 1.54) is 6.07 Å². The summed E-state index contributed by atoms with van der Waals surface area (Å²) in [5, 5.41) is 5.85. The lowest BCUT2D eigenvalue weighted by atomic mass is 10.2. The lowest BCUT2D eigenvalue weighted by molar-refractivity contribution is 0.605. The summed E-state index contributed by atoms with van der Waals surface area (Å²) in [6.07, 6.45) is 5.11. The highest BCUT2D eigenvalue weighted by Gasteiger charge is 2.01. The van der Waals surface area contributed by atoms with E-state index in [0.29, 0.717) is 24.6 Å². The maximum absolute atomic E-state index is 13.3. The van der Waals surface area contributed by atoms with Gasteiger partial charge in [-0.15, -0.1) is 6.42 Å². The predicted octanol–water partition coefficient (Wildman–Crippen LogP) is 1.12. The number of halogens is 1. The van der Waals surface area contributed by atoms with Gasteiger partial charge in [-0.05, 0) is 6.07 Å². The van der Waals surface area contributed by atoms with Gasteiger partial charge in [0.05, 0.1) is 6.54 Å². The summed E-state index contributed by atoms with van der Waals surface area (Å²) >= 11 is 0. The molecule has 0 saturated heterocycles. The van der Waals surface area contributed by atoms with Crippen LogP contribution in [-0.2, 0) is 6.54 Å². The van der Waals surface area contributed by atoms with Gasteiger partial charge in [0.2, 0.25) is 0 Å². The maximum atomic E-state index is 13.3. The molecule has 0 aliphatic carbocycles. The van der Waals surface area contributed by atoms with E-state index in [-0.39, 0.29) is 5.82 Å². The third-order valence-electron chi connectivity index (χ3n) is 1.99. The topological polar surface area (TPSA) is 36.4 Å². The average molecular weight is 219 g/mol. The van der Waals surface area contributed by atoms with Gasteiger partial charge in [-0.3, -0.25) is 4.99 Å². The Bertz CT molecular complexity index is 407. The molecule has 0 radical (unpaired) electrons. The predicted molar refractivity (Wildman–Crippen MR) is 63.4 cm³/mol. The molecule has 0 unspecified atom stereocenters. The zero-order chi connectivity index (χ0) is 11.8. The standard InChI is InChI=1S/C12H14FN3/c1-3-8-15-12(14-2)16-9-10-6-4-5-7-11(10)13/h1,4-7H,8-9H2,2H3,(H2,14,15,16). The number of nitrogens with zero attached hydrogens (tertiary/aromatic N) is 1. The minimum Gasteiger partial charge on any atom is -0.352 e. The van der Waals surface area contributed by atoms with Crippen LogP contribution in [0.4, 0.5) is 4.39 Å². The minimum absolute atomic E-state index is 0.234. The van der Waals surface area contributed by atoms with Crippen LogP contribution in [0.25, 0.3) is 0 Å². The van der Waals surface area contributed by atoms with E-state index in [4.69, 9.17) is 6.42 Å². The highest BCUT2D eigenvalue weighted by molar-refractivity contribution is 5.79. The van der Waals surface area contributed by atoms with Crippen molar-refractivity contribution in [3.05, 3.63) is 35.6 Å². The summed E-state index contributed by atoms with van der Waals surface area (Å²) in [5.74, 6) is 2.76. The molecule has 0 aliphatic heterocycles. The first-order chi connectivity index (χ1) is 7.77. The van der Waals surface area contributed by atoms with Crippen LogP contribution in [0.5, 0.6) is 0 Å². The third kappa shape index (κ3) is 3.62.